The molecule has 9 nitrogen and oxygen atoms in total. The van der Waals surface area contributed by atoms with Gasteiger partial charge < -0.3 is 19.9 Å². The van der Waals surface area contributed by atoms with Crippen molar-refractivity contribution in [2.45, 2.75) is 12.8 Å². The number of hydrogen-bond donors (Lipinski definition) is 2. The number of benzene rings is 3. The first-order valence-corrected chi connectivity index (χ1v) is 14.4. The molecule has 0 aliphatic carbocycles. The summed E-state index contributed by atoms with van der Waals surface area (Å²) in [5.41, 5.74) is 0.120. The fourth-order valence-corrected chi connectivity index (χ4v) is 6.09. The second-order valence-electron chi connectivity index (χ2n) is 8.83. The molecule has 3 amide bonds. The number of alkyl halides is 3. The van der Waals surface area contributed by atoms with Gasteiger partial charge in [0.05, 0.1) is 37.8 Å². The van der Waals surface area contributed by atoms with Gasteiger partial charge in [-0.2, -0.15) is 13.2 Å². The molecular weight excluding hydrogens is 725 g/mol. The summed E-state index contributed by atoms with van der Waals surface area (Å²) in [6, 6.07) is 12.0. The molecule has 0 aromatic heterocycles. The Morgan fingerprint density at radius 2 is 1.70 bits per heavy atom. The van der Waals surface area contributed by atoms with Crippen LogP contribution in [-0.4, -0.2) is 46.7 Å². The summed E-state index contributed by atoms with van der Waals surface area (Å²) < 4.78 is 51.3. The lowest BCUT2D eigenvalue weighted by Gasteiger charge is -2.16. The number of methoxy groups -OCH3 is 1. The summed E-state index contributed by atoms with van der Waals surface area (Å²) in [4.78, 5) is 49.9. The van der Waals surface area contributed by atoms with Crippen LogP contribution in [0.1, 0.15) is 27.0 Å². The molecule has 0 atom stereocenters. The topological polar surface area (TPSA) is 122 Å². The number of imide groups is 1. The van der Waals surface area contributed by atoms with E-state index in [9.17, 15) is 32.3 Å². The summed E-state index contributed by atoms with van der Waals surface area (Å²) in [6.45, 7) is -0.585. The Labute approximate surface area is 263 Å². The molecule has 0 saturated carbocycles. The van der Waals surface area contributed by atoms with Crippen molar-refractivity contribution in [3.63, 3.8) is 0 Å². The quantitative estimate of drug-likeness (QED) is 0.221. The zero-order chi connectivity index (χ0) is 31.5. The van der Waals surface area contributed by atoms with Gasteiger partial charge in [0.15, 0.2) is 0 Å². The third-order valence-corrected chi connectivity index (χ3v) is 7.96. The van der Waals surface area contributed by atoms with E-state index in [0.717, 1.165) is 17.7 Å². The van der Waals surface area contributed by atoms with Gasteiger partial charge in [0.2, 0.25) is 5.91 Å². The third-order valence-electron chi connectivity index (χ3n) is 5.88. The monoisotopic (exact) mass is 742 g/mol. The van der Waals surface area contributed by atoms with Gasteiger partial charge >= 0.3 is 12.1 Å². The van der Waals surface area contributed by atoms with Crippen LogP contribution in [0.15, 0.2) is 68.4 Å². The highest BCUT2D eigenvalue weighted by Gasteiger charge is 2.37. The van der Waals surface area contributed by atoms with Gasteiger partial charge in [-0.3, -0.25) is 19.3 Å². The van der Waals surface area contributed by atoms with Crippen LogP contribution >= 0.6 is 43.6 Å². The Hall–Kier alpha value is -3.82. The van der Waals surface area contributed by atoms with Crippen LogP contribution in [0.3, 0.4) is 0 Å². The number of rotatable bonds is 9. The summed E-state index contributed by atoms with van der Waals surface area (Å²) >= 11 is 7.44. The Morgan fingerprint density at radius 3 is 2.28 bits per heavy atom. The lowest BCUT2D eigenvalue weighted by atomic mass is 10.1. The standard InChI is InChI=1S/C28H19Br2F3N2O7S/c1-41-21-7-6-17(28(31,32)33)11-20(21)34-23(36)12-35-25(37)22(43-27(35)40)10-15-8-18(29)24(19(30)9-15)42-13-14-2-4-16(5-3-14)26(38)39/h2-11H,12-13H2,1H3,(H,34,36)(H,38,39)/b22-10-. The van der Waals surface area contributed by atoms with Crippen LogP contribution in [0.4, 0.5) is 23.7 Å². The number of carbonyl (C=O) groups excluding carboxylic acids is 3. The van der Waals surface area contributed by atoms with Gasteiger partial charge in [0, 0.05) is 0 Å². The Morgan fingerprint density at radius 1 is 1.05 bits per heavy atom. The maximum Gasteiger partial charge on any atom is 0.416 e. The number of ether oxygens (including phenoxy) is 2. The molecule has 224 valence electrons. The predicted octanol–water partition coefficient (Wildman–Crippen LogP) is 7.19. The summed E-state index contributed by atoms with van der Waals surface area (Å²) in [5.74, 6) is -2.28. The Kier molecular flexibility index (Phi) is 9.87. The van der Waals surface area contributed by atoms with Crippen LogP contribution in [-0.2, 0) is 22.4 Å². The number of nitrogens with one attached hydrogen (secondary N) is 1. The van der Waals surface area contributed by atoms with Gasteiger partial charge in [-0.25, -0.2) is 4.79 Å². The molecule has 3 aromatic carbocycles. The second-order valence-corrected chi connectivity index (χ2v) is 11.5. The summed E-state index contributed by atoms with van der Waals surface area (Å²) in [7, 11) is 1.22. The molecule has 1 fully saturated rings. The minimum atomic E-state index is -4.66. The lowest BCUT2D eigenvalue weighted by Crippen LogP contribution is -2.36. The van der Waals surface area contributed by atoms with E-state index in [0.29, 0.717) is 43.0 Å². The van der Waals surface area contributed by atoms with Crippen molar-refractivity contribution < 1.29 is 46.9 Å². The number of carbonyl (C=O) groups is 4. The number of thioether (sulfide) groups is 1. The van der Waals surface area contributed by atoms with E-state index >= 15 is 0 Å². The number of aromatic carboxylic acids is 1. The average Bonchev–Trinajstić information content (AvgIpc) is 3.19. The van der Waals surface area contributed by atoms with Crippen molar-refractivity contribution in [2.75, 3.05) is 19.0 Å². The van der Waals surface area contributed by atoms with Crippen molar-refractivity contribution in [3.05, 3.63) is 90.7 Å². The first-order chi connectivity index (χ1) is 20.3. The van der Waals surface area contributed by atoms with Crippen LogP contribution in [0, 0.1) is 0 Å². The molecule has 1 saturated heterocycles. The fourth-order valence-electron chi connectivity index (χ4n) is 3.80. The molecule has 43 heavy (non-hydrogen) atoms. The maximum atomic E-state index is 13.1. The smallest absolute Gasteiger partial charge is 0.416 e. The Balaban J connectivity index is 1.44. The number of carboxylic acid groups (broad SMARTS) is 1. The van der Waals surface area contributed by atoms with Crippen LogP contribution in [0.5, 0.6) is 11.5 Å². The van der Waals surface area contributed by atoms with Crippen molar-refractivity contribution in [1.82, 2.24) is 4.90 Å². The van der Waals surface area contributed by atoms with E-state index in [1.54, 1.807) is 24.3 Å². The molecule has 1 aliphatic rings. The molecule has 0 unspecified atom stereocenters. The molecule has 0 radical (unpaired) electrons. The largest absolute Gasteiger partial charge is 0.495 e. The van der Waals surface area contributed by atoms with Gasteiger partial charge in [-0.05, 0) is 103 Å². The van der Waals surface area contributed by atoms with E-state index < -0.39 is 41.3 Å². The highest BCUT2D eigenvalue weighted by Crippen LogP contribution is 2.39. The van der Waals surface area contributed by atoms with Crippen molar-refractivity contribution in [2.24, 2.45) is 0 Å². The number of nitrogens with zero attached hydrogens (tertiary/aromatic N) is 1. The molecule has 0 spiro atoms. The number of carboxylic acids is 1. The SMILES string of the molecule is COc1ccc(C(F)(F)F)cc1NC(=O)CN1C(=O)S/C(=C\c2cc(Br)c(OCc3ccc(C(=O)O)cc3)c(Br)c2)C1=O. The van der Waals surface area contributed by atoms with Gasteiger partial charge in [0.25, 0.3) is 11.1 Å². The third kappa shape index (κ3) is 7.77. The highest BCUT2D eigenvalue weighted by atomic mass is 79.9. The minimum absolute atomic E-state index is 0.0282. The van der Waals surface area contributed by atoms with Gasteiger partial charge in [-0.1, -0.05) is 12.1 Å². The van der Waals surface area contributed by atoms with E-state index in [2.05, 4.69) is 37.2 Å². The molecule has 1 heterocycles. The molecule has 1 aliphatic heterocycles. The van der Waals surface area contributed by atoms with Crippen LogP contribution in [0.25, 0.3) is 6.08 Å². The number of halogens is 5. The zero-order valence-corrected chi connectivity index (χ0v) is 25.8. The van der Waals surface area contributed by atoms with E-state index in [1.807, 2.05) is 0 Å². The minimum Gasteiger partial charge on any atom is -0.495 e. The summed E-state index contributed by atoms with van der Waals surface area (Å²) in [6.07, 6.45) is -3.21. The van der Waals surface area contributed by atoms with Crippen LogP contribution < -0.4 is 14.8 Å². The molecule has 4 rings (SSSR count). The summed E-state index contributed by atoms with van der Waals surface area (Å²) in [5, 5.41) is 10.6. The van der Waals surface area contributed by atoms with Crippen LogP contribution in [0.2, 0.25) is 0 Å². The average molecular weight is 744 g/mol. The van der Waals surface area contributed by atoms with Gasteiger partial charge in [-0.15, -0.1) is 0 Å². The predicted molar refractivity (Wildman–Crippen MR) is 159 cm³/mol. The molecule has 15 heteroatoms. The first kappa shape index (κ1) is 32.1. The maximum absolute atomic E-state index is 13.1. The zero-order valence-electron chi connectivity index (χ0n) is 21.8. The van der Waals surface area contributed by atoms with E-state index in [1.165, 1.54) is 25.3 Å². The van der Waals surface area contributed by atoms with E-state index in [4.69, 9.17) is 14.6 Å². The molecule has 2 N–H and O–H groups in total. The number of amides is 3. The molecular formula is C28H19Br2F3N2O7S. The van der Waals surface area contributed by atoms with E-state index in [-0.39, 0.29) is 28.5 Å². The normalized spacial score (nSPS) is 14.3. The van der Waals surface area contributed by atoms with Gasteiger partial charge in [0.1, 0.15) is 24.7 Å². The fraction of sp³-hybridized carbons (Fsp3) is 0.143. The lowest BCUT2D eigenvalue weighted by molar-refractivity contribution is -0.137. The molecule has 3 aromatic rings. The number of hydrogen-bond acceptors (Lipinski definition) is 7. The van der Waals surface area contributed by atoms with Crippen molar-refractivity contribution in [3.8, 4) is 11.5 Å². The molecule has 0 bridgehead atoms. The Bertz CT molecular complexity index is 1620. The number of anilines is 1. The highest BCUT2D eigenvalue weighted by molar-refractivity contribution is 9.11. The first-order valence-electron chi connectivity index (χ1n) is 12.0. The second kappa shape index (κ2) is 13.2. The van der Waals surface area contributed by atoms with Crippen molar-refractivity contribution >= 4 is 78.4 Å². The van der Waals surface area contributed by atoms with Crippen molar-refractivity contribution in [1.29, 1.82) is 0 Å².